The third-order valence-electron chi connectivity index (χ3n) is 3.37. The SMILES string of the molecule is CC(C)CCOCCN(CCN)C1CCC1. The number of hydrogen-bond acceptors (Lipinski definition) is 3. The van der Waals surface area contributed by atoms with Gasteiger partial charge < -0.3 is 10.5 Å². The molecule has 1 rings (SSSR count). The van der Waals surface area contributed by atoms with Gasteiger partial charge in [0.2, 0.25) is 0 Å². The second-order valence-electron chi connectivity index (χ2n) is 5.20. The molecule has 96 valence electrons. The van der Waals surface area contributed by atoms with Crippen LogP contribution in [-0.4, -0.2) is 43.8 Å². The molecule has 16 heavy (non-hydrogen) atoms. The molecule has 0 amide bonds. The molecule has 3 heteroatoms. The van der Waals surface area contributed by atoms with Crippen LogP contribution in [0.3, 0.4) is 0 Å². The Labute approximate surface area is 100 Å². The lowest BCUT2D eigenvalue weighted by molar-refractivity contribution is 0.0622. The number of ether oxygens (including phenoxy) is 1. The van der Waals surface area contributed by atoms with E-state index in [2.05, 4.69) is 18.7 Å². The van der Waals surface area contributed by atoms with Crippen LogP contribution in [0.5, 0.6) is 0 Å². The highest BCUT2D eigenvalue weighted by Crippen LogP contribution is 2.24. The Morgan fingerprint density at radius 3 is 2.50 bits per heavy atom. The first-order valence-corrected chi connectivity index (χ1v) is 6.76. The van der Waals surface area contributed by atoms with E-state index in [0.717, 1.165) is 44.8 Å². The molecule has 1 aliphatic rings. The molecule has 1 saturated carbocycles. The van der Waals surface area contributed by atoms with Crippen LogP contribution in [0.25, 0.3) is 0 Å². The van der Waals surface area contributed by atoms with Crippen molar-refractivity contribution >= 4 is 0 Å². The molecule has 3 nitrogen and oxygen atoms in total. The van der Waals surface area contributed by atoms with E-state index in [1.807, 2.05) is 0 Å². The molecule has 1 aliphatic carbocycles. The third-order valence-corrected chi connectivity index (χ3v) is 3.37. The largest absolute Gasteiger partial charge is 0.380 e. The number of rotatable bonds is 9. The smallest absolute Gasteiger partial charge is 0.0593 e. The highest BCUT2D eigenvalue weighted by atomic mass is 16.5. The fourth-order valence-electron chi connectivity index (χ4n) is 2.00. The fraction of sp³-hybridized carbons (Fsp3) is 1.00. The Hall–Kier alpha value is -0.120. The average molecular weight is 228 g/mol. The van der Waals surface area contributed by atoms with E-state index in [4.69, 9.17) is 10.5 Å². The zero-order valence-electron chi connectivity index (χ0n) is 11.0. The molecule has 0 aromatic carbocycles. The first-order chi connectivity index (χ1) is 7.74. The first kappa shape index (κ1) is 13.9. The summed E-state index contributed by atoms with van der Waals surface area (Å²) >= 11 is 0. The van der Waals surface area contributed by atoms with E-state index in [1.54, 1.807) is 0 Å². The molecule has 0 atom stereocenters. The molecular weight excluding hydrogens is 200 g/mol. The van der Waals surface area contributed by atoms with E-state index in [0.29, 0.717) is 0 Å². The van der Waals surface area contributed by atoms with Crippen molar-refractivity contribution in [3.63, 3.8) is 0 Å². The summed E-state index contributed by atoms with van der Waals surface area (Å²) in [5.41, 5.74) is 5.63. The lowest BCUT2D eigenvalue weighted by Crippen LogP contribution is -2.44. The number of nitrogens with two attached hydrogens (primary N) is 1. The second-order valence-corrected chi connectivity index (χ2v) is 5.20. The minimum atomic E-state index is 0.742. The van der Waals surface area contributed by atoms with Crippen molar-refractivity contribution in [2.45, 2.75) is 45.6 Å². The van der Waals surface area contributed by atoms with Gasteiger partial charge in [0.15, 0.2) is 0 Å². The summed E-state index contributed by atoms with van der Waals surface area (Å²) in [5, 5.41) is 0. The zero-order chi connectivity index (χ0) is 11.8. The summed E-state index contributed by atoms with van der Waals surface area (Å²) in [6.07, 6.45) is 5.26. The Kier molecular flexibility index (Phi) is 7.01. The molecule has 0 heterocycles. The molecule has 0 radical (unpaired) electrons. The lowest BCUT2D eigenvalue weighted by atomic mass is 9.91. The molecule has 1 fully saturated rings. The van der Waals surface area contributed by atoms with Crippen LogP contribution in [-0.2, 0) is 4.74 Å². The third kappa shape index (κ3) is 5.28. The summed E-state index contributed by atoms with van der Waals surface area (Å²) in [7, 11) is 0. The van der Waals surface area contributed by atoms with Crippen molar-refractivity contribution in [2.75, 3.05) is 32.8 Å². The van der Waals surface area contributed by atoms with Gasteiger partial charge in [0.1, 0.15) is 0 Å². The molecule has 2 N–H and O–H groups in total. The van der Waals surface area contributed by atoms with Gasteiger partial charge in [0.05, 0.1) is 6.61 Å². The summed E-state index contributed by atoms with van der Waals surface area (Å²) in [5.74, 6) is 0.742. The van der Waals surface area contributed by atoms with Crippen LogP contribution in [0.4, 0.5) is 0 Å². The standard InChI is InChI=1S/C13H28N2O/c1-12(2)6-10-16-11-9-15(8-7-14)13-4-3-5-13/h12-13H,3-11,14H2,1-2H3. The zero-order valence-corrected chi connectivity index (χ0v) is 11.0. The van der Waals surface area contributed by atoms with Gasteiger partial charge in [0.25, 0.3) is 0 Å². The Bertz CT molecular complexity index is 169. The molecule has 0 spiro atoms. The van der Waals surface area contributed by atoms with Crippen LogP contribution in [0.15, 0.2) is 0 Å². The number of nitrogens with zero attached hydrogens (tertiary/aromatic N) is 1. The molecule has 0 bridgehead atoms. The predicted molar refractivity (Wildman–Crippen MR) is 68.5 cm³/mol. The quantitative estimate of drug-likeness (QED) is 0.612. The Morgan fingerprint density at radius 2 is 2.00 bits per heavy atom. The summed E-state index contributed by atoms with van der Waals surface area (Å²) < 4.78 is 5.66. The molecule has 0 unspecified atom stereocenters. The van der Waals surface area contributed by atoms with Gasteiger partial charge >= 0.3 is 0 Å². The van der Waals surface area contributed by atoms with Crippen LogP contribution in [0.1, 0.15) is 39.5 Å². The van der Waals surface area contributed by atoms with Gasteiger partial charge in [0, 0.05) is 32.3 Å². The van der Waals surface area contributed by atoms with Crippen molar-refractivity contribution in [3.8, 4) is 0 Å². The maximum absolute atomic E-state index is 5.66. The van der Waals surface area contributed by atoms with E-state index < -0.39 is 0 Å². The lowest BCUT2D eigenvalue weighted by Gasteiger charge is -2.37. The minimum Gasteiger partial charge on any atom is -0.380 e. The summed E-state index contributed by atoms with van der Waals surface area (Å²) in [4.78, 5) is 2.50. The van der Waals surface area contributed by atoms with Crippen molar-refractivity contribution < 1.29 is 4.74 Å². The molecule has 0 aromatic rings. The van der Waals surface area contributed by atoms with Crippen molar-refractivity contribution in [2.24, 2.45) is 11.7 Å². The van der Waals surface area contributed by atoms with Crippen molar-refractivity contribution in [3.05, 3.63) is 0 Å². The monoisotopic (exact) mass is 228 g/mol. The van der Waals surface area contributed by atoms with Crippen molar-refractivity contribution in [1.82, 2.24) is 4.90 Å². The first-order valence-electron chi connectivity index (χ1n) is 6.76. The van der Waals surface area contributed by atoms with E-state index in [9.17, 15) is 0 Å². The second kappa shape index (κ2) is 8.04. The van der Waals surface area contributed by atoms with Crippen LogP contribution >= 0.6 is 0 Å². The van der Waals surface area contributed by atoms with Crippen molar-refractivity contribution in [1.29, 1.82) is 0 Å². The minimum absolute atomic E-state index is 0.742. The summed E-state index contributed by atoms with van der Waals surface area (Å²) in [6.45, 7) is 9.08. The fourth-order valence-corrected chi connectivity index (χ4v) is 2.00. The number of hydrogen-bond donors (Lipinski definition) is 1. The van der Waals surface area contributed by atoms with Crippen LogP contribution < -0.4 is 5.73 Å². The van der Waals surface area contributed by atoms with E-state index >= 15 is 0 Å². The van der Waals surface area contributed by atoms with Gasteiger partial charge in [-0.3, -0.25) is 4.90 Å². The molecular formula is C13H28N2O. The highest BCUT2D eigenvalue weighted by Gasteiger charge is 2.23. The van der Waals surface area contributed by atoms with Gasteiger partial charge in [-0.1, -0.05) is 20.3 Å². The molecule has 0 saturated heterocycles. The van der Waals surface area contributed by atoms with Crippen LogP contribution in [0.2, 0.25) is 0 Å². The molecule has 0 aliphatic heterocycles. The molecule has 0 aromatic heterocycles. The van der Waals surface area contributed by atoms with E-state index in [1.165, 1.54) is 25.7 Å². The van der Waals surface area contributed by atoms with Gasteiger partial charge in [-0.15, -0.1) is 0 Å². The van der Waals surface area contributed by atoms with Crippen LogP contribution in [0, 0.1) is 5.92 Å². The maximum Gasteiger partial charge on any atom is 0.0593 e. The van der Waals surface area contributed by atoms with E-state index in [-0.39, 0.29) is 0 Å². The Balaban J connectivity index is 2.03. The Morgan fingerprint density at radius 1 is 1.25 bits per heavy atom. The van der Waals surface area contributed by atoms with Gasteiger partial charge in [-0.25, -0.2) is 0 Å². The topological polar surface area (TPSA) is 38.5 Å². The maximum atomic E-state index is 5.66. The average Bonchev–Trinajstić information content (AvgIpc) is 2.14. The van der Waals surface area contributed by atoms with Gasteiger partial charge in [-0.05, 0) is 25.2 Å². The summed E-state index contributed by atoms with van der Waals surface area (Å²) in [6, 6.07) is 0.789. The highest BCUT2D eigenvalue weighted by molar-refractivity contribution is 4.79. The predicted octanol–water partition coefficient (Wildman–Crippen LogP) is 1.86. The van der Waals surface area contributed by atoms with Gasteiger partial charge in [-0.2, -0.15) is 0 Å². The normalized spacial score (nSPS) is 17.1.